The molecular formula is C9H16O8. The predicted octanol–water partition coefficient (Wildman–Crippen LogP) is -2.72. The summed E-state index contributed by atoms with van der Waals surface area (Å²) in [5.41, 5.74) is 0. The maximum absolute atomic E-state index is 10.5. The molecule has 0 radical (unpaired) electrons. The Morgan fingerprint density at radius 3 is 2.35 bits per heavy atom. The summed E-state index contributed by atoms with van der Waals surface area (Å²) < 4.78 is 9.65. The summed E-state index contributed by atoms with van der Waals surface area (Å²) in [4.78, 5) is 10.5. The molecule has 0 aromatic heterocycles. The fourth-order valence-electron chi connectivity index (χ4n) is 1.38. The van der Waals surface area contributed by atoms with Gasteiger partial charge in [0.25, 0.3) is 0 Å². The number of aliphatic carboxylic acids is 1. The van der Waals surface area contributed by atoms with E-state index in [2.05, 4.69) is 0 Å². The van der Waals surface area contributed by atoms with Crippen LogP contribution in [0.1, 0.15) is 6.92 Å². The molecule has 8 heteroatoms. The zero-order chi connectivity index (χ0) is 13.2. The van der Waals surface area contributed by atoms with E-state index in [0.29, 0.717) is 0 Å². The molecule has 0 bridgehead atoms. The van der Waals surface area contributed by atoms with Crippen LogP contribution in [0, 0.1) is 0 Å². The van der Waals surface area contributed by atoms with Crippen molar-refractivity contribution in [3.05, 3.63) is 0 Å². The zero-order valence-corrected chi connectivity index (χ0v) is 9.13. The number of hydrogen-bond acceptors (Lipinski definition) is 7. The summed E-state index contributed by atoms with van der Waals surface area (Å²) >= 11 is 0. The van der Waals surface area contributed by atoms with Gasteiger partial charge in [0.05, 0.1) is 6.61 Å². The van der Waals surface area contributed by atoms with Crippen LogP contribution < -0.4 is 0 Å². The second-order valence-corrected chi connectivity index (χ2v) is 3.85. The van der Waals surface area contributed by atoms with E-state index < -0.39 is 42.8 Å². The molecule has 1 rings (SSSR count). The van der Waals surface area contributed by atoms with Crippen molar-refractivity contribution >= 4 is 5.97 Å². The van der Waals surface area contributed by atoms with E-state index in [-0.39, 0.29) is 6.61 Å². The van der Waals surface area contributed by atoms with E-state index in [9.17, 15) is 25.2 Å². The van der Waals surface area contributed by atoms with Gasteiger partial charge in [0.2, 0.25) is 0 Å². The Bertz CT molecular complexity index is 270. The first-order valence-corrected chi connectivity index (χ1v) is 5.06. The standard InChI is InChI=1S/C9H16O8/c1-3(8(13)14)16-2-4-5(10)6(11)7(12)9(15)17-4/h3-7,9-12,15H,2H2,1H3,(H,13,14)/t3-,4-,5+,6+,7-,9+/m1/s1. The van der Waals surface area contributed by atoms with Gasteiger partial charge in [0, 0.05) is 0 Å². The molecule has 100 valence electrons. The second kappa shape index (κ2) is 5.71. The first-order chi connectivity index (χ1) is 7.84. The van der Waals surface area contributed by atoms with Crippen LogP contribution in [0.4, 0.5) is 0 Å². The minimum atomic E-state index is -1.65. The van der Waals surface area contributed by atoms with Gasteiger partial charge in [-0.15, -0.1) is 0 Å². The molecule has 5 N–H and O–H groups in total. The monoisotopic (exact) mass is 252 g/mol. The maximum Gasteiger partial charge on any atom is 0.332 e. The zero-order valence-electron chi connectivity index (χ0n) is 9.13. The first kappa shape index (κ1) is 14.3. The van der Waals surface area contributed by atoms with Gasteiger partial charge in [-0.1, -0.05) is 0 Å². The van der Waals surface area contributed by atoms with E-state index >= 15 is 0 Å². The van der Waals surface area contributed by atoms with E-state index in [1.165, 1.54) is 6.92 Å². The van der Waals surface area contributed by atoms with Crippen molar-refractivity contribution in [2.24, 2.45) is 0 Å². The normalized spacial score (nSPS) is 39.9. The number of carboxylic acid groups (broad SMARTS) is 1. The molecular weight excluding hydrogens is 236 g/mol. The van der Waals surface area contributed by atoms with Crippen LogP contribution in [0.2, 0.25) is 0 Å². The number of ether oxygens (including phenoxy) is 2. The highest BCUT2D eigenvalue weighted by atomic mass is 16.6. The van der Waals surface area contributed by atoms with Crippen LogP contribution >= 0.6 is 0 Å². The summed E-state index contributed by atoms with van der Waals surface area (Å²) in [6.45, 7) is 0.967. The van der Waals surface area contributed by atoms with E-state index in [4.69, 9.17) is 14.6 Å². The molecule has 1 saturated heterocycles. The lowest BCUT2D eigenvalue weighted by Gasteiger charge is -2.38. The minimum Gasteiger partial charge on any atom is -0.479 e. The highest BCUT2D eigenvalue weighted by molar-refractivity contribution is 5.71. The van der Waals surface area contributed by atoms with E-state index in [0.717, 1.165) is 0 Å². The SMILES string of the molecule is C[C@@H](OC[C@H]1O[C@H](O)[C@H](O)[C@@H](O)[C@H]1O)C(=O)O. The van der Waals surface area contributed by atoms with E-state index in [1.807, 2.05) is 0 Å². The van der Waals surface area contributed by atoms with Crippen molar-refractivity contribution in [3.8, 4) is 0 Å². The average Bonchev–Trinajstić information content (AvgIpc) is 2.28. The van der Waals surface area contributed by atoms with Crippen LogP contribution in [0.15, 0.2) is 0 Å². The summed E-state index contributed by atoms with van der Waals surface area (Å²) in [5.74, 6) is -1.18. The highest BCUT2D eigenvalue weighted by Crippen LogP contribution is 2.20. The highest BCUT2D eigenvalue weighted by Gasteiger charge is 2.43. The van der Waals surface area contributed by atoms with Crippen LogP contribution in [0.3, 0.4) is 0 Å². The molecule has 0 spiro atoms. The van der Waals surface area contributed by atoms with Gasteiger partial charge in [-0.25, -0.2) is 4.79 Å². The van der Waals surface area contributed by atoms with Gasteiger partial charge in [-0.3, -0.25) is 0 Å². The van der Waals surface area contributed by atoms with Gasteiger partial charge in [0.15, 0.2) is 12.4 Å². The van der Waals surface area contributed by atoms with Crippen LogP contribution in [0.5, 0.6) is 0 Å². The molecule has 0 aromatic carbocycles. The lowest BCUT2D eigenvalue weighted by molar-refractivity contribution is -0.289. The maximum atomic E-state index is 10.5. The predicted molar refractivity (Wildman–Crippen MR) is 52.0 cm³/mol. The molecule has 8 nitrogen and oxygen atoms in total. The molecule has 17 heavy (non-hydrogen) atoms. The van der Waals surface area contributed by atoms with Crippen molar-refractivity contribution < 1.29 is 39.8 Å². The fraction of sp³-hybridized carbons (Fsp3) is 0.889. The van der Waals surface area contributed by atoms with Crippen molar-refractivity contribution in [3.63, 3.8) is 0 Å². The number of hydrogen-bond donors (Lipinski definition) is 5. The van der Waals surface area contributed by atoms with Gasteiger partial charge in [0.1, 0.15) is 24.4 Å². The van der Waals surface area contributed by atoms with Gasteiger partial charge < -0.3 is 35.0 Å². The summed E-state index contributed by atoms with van der Waals surface area (Å²) in [7, 11) is 0. The number of carbonyl (C=O) groups is 1. The van der Waals surface area contributed by atoms with Crippen LogP contribution in [-0.2, 0) is 14.3 Å². The topological polar surface area (TPSA) is 137 Å². The fourth-order valence-corrected chi connectivity index (χ4v) is 1.38. The number of carboxylic acids is 1. The van der Waals surface area contributed by atoms with Crippen LogP contribution in [0.25, 0.3) is 0 Å². The largest absolute Gasteiger partial charge is 0.479 e. The van der Waals surface area contributed by atoms with Crippen molar-refractivity contribution in [2.45, 2.75) is 43.7 Å². The quantitative estimate of drug-likeness (QED) is 0.364. The molecule has 1 fully saturated rings. The summed E-state index contributed by atoms with van der Waals surface area (Å²) in [6, 6.07) is 0. The second-order valence-electron chi connectivity index (χ2n) is 3.85. The Kier molecular flexibility index (Phi) is 4.80. The van der Waals surface area contributed by atoms with Gasteiger partial charge in [-0.05, 0) is 6.92 Å². The Hall–Kier alpha value is -0.770. The molecule has 0 saturated carbocycles. The third kappa shape index (κ3) is 3.35. The minimum absolute atomic E-state index is 0.324. The molecule has 1 aliphatic heterocycles. The van der Waals surface area contributed by atoms with Gasteiger partial charge >= 0.3 is 5.97 Å². The summed E-state index contributed by atoms with van der Waals surface area (Å²) in [5, 5.41) is 45.8. The average molecular weight is 252 g/mol. The Labute approximate surface area is 97.0 Å². The third-order valence-corrected chi connectivity index (χ3v) is 2.55. The smallest absolute Gasteiger partial charge is 0.332 e. The third-order valence-electron chi connectivity index (χ3n) is 2.55. The lowest BCUT2D eigenvalue weighted by Crippen LogP contribution is -2.58. The number of rotatable bonds is 4. The summed E-state index contributed by atoms with van der Waals surface area (Å²) in [6.07, 6.45) is -8.51. The molecule has 0 aromatic rings. The Balaban J connectivity index is 2.51. The molecule has 0 amide bonds. The molecule has 6 atom stereocenters. The van der Waals surface area contributed by atoms with Crippen molar-refractivity contribution in [2.75, 3.05) is 6.61 Å². The van der Waals surface area contributed by atoms with Crippen molar-refractivity contribution in [1.82, 2.24) is 0 Å². The number of aliphatic hydroxyl groups excluding tert-OH is 4. The van der Waals surface area contributed by atoms with Crippen molar-refractivity contribution in [1.29, 1.82) is 0 Å². The lowest BCUT2D eigenvalue weighted by atomic mass is 9.99. The first-order valence-electron chi connectivity index (χ1n) is 5.06. The van der Waals surface area contributed by atoms with E-state index in [1.54, 1.807) is 0 Å². The molecule has 1 aliphatic rings. The molecule has 0 unspecified atom stereocenters. The Morgan fingerprint density at radius 2 is 1.82 bits per heavy atom. The number of aliphatic hydroxyl groups is 4. The van der Waals surface area contributed by atoms with Gasteiger partial charge in [-0.2, -0.15) is 0 Å². The Morgan fingerprint density at radius 1 is 1.24 bits per heavy atom. The molecule has 0 aliphatic carbocycles. The van der Waals surface area contributed by atoms with Crippen LogP contribution in [-0.4, -0.2) is 74.9 Å². The molecule has 1 heterocycles.